The molecule has 86 valence electrons. The van der Waals surface area contributed by atoms with E-state index in [4.69, 9.17) is 0 Å². The number of thiazole rings is 1. The summed E-state index contributed by atoms with van der Waals surface area (Å²) in [5.41, 5.74) is 0. The Balaban J connectivity index is 2.05. The number of rotatable bonds is 7. The van der Waals surface area contributed by atoms with Crippen LogP contribution in [0, 0.1) is 5.92 Å². The van der Waals surface area contributed by atoms with Gasteiger partial charge >= 0.3 is 0 Å². The van der Waals surface area contributed by atoms with E-state index in [1.54, 1.807) is 11.3 Å². The van der Waals surface area contributed by atoms with Crippen molar-refractivity contribution < 1.29 is 0 Å². The summed E-state index contributed by atoms with van der Waals surface area (Å²) in [5, 5.41) is 6.73. The number of nitrogens with one attached hydrogen (secondary N) is 1. The van der Waals surface area contributed by atoms with E-state index in [2.05, 4.69) is 31.1 Å². The van der Waals surface area contributed by atoms with Crippen molar-refractivity contribution in [2.75, 3.05) is 6.54 Å². The van der Waals surface area contributed by atoms with Gasteiger partial charge in [0.1, 0.15) is 5.01 Å². The molecule has 1 N–H and O–H groups in total. The van der Waals surface area contributed by atoms with E-state index in [1.807, 2.05) is 11.6 Å². The minimum Gasteiger partial charge on any atom is -0.308 e. The lowest BCUT2D eigenvalue weighted by atomic mass is 10.1. The van der Waals surface area contributed by atoms with Crippen molar-refractivity contribution in [2.45, 2.75) is 46.1 Å². The van der Waals surface area contributed by atoms with Crippen LogP contribution in [0.3, 0.4) is 0 Å². The molecule has 0 aromatic carbocycles. The van der Waals surface area contributed by atoms with Crippen LogP contribution in [0.25, 0.3) is 0 Å². The molecular formula is C12H22N2S. The van der Waals surface area contributed by atoms with Gasteiger partial charge in [0.05, 0.1) is 6.04 Å². The van der Waals surface area contributed by atoms with E-state index in [0.29, 0.717) is 6.04 Å². The second-order valence-corrected chi connectivity index (χ2v) is 5.36. The highest BCUT2D eigenvalue weighted by molar-refractivity contribution is 7.09. The summed E-state index contributed by atoms with van der Waals surface area (Å²) in [7, 11) is 0. The molecule has 1 heterocycles. The Bertz CT molecular complexity index is 244. The second kappa shape index (κ2) is 6.96. The quantitative estimate of drug-likeness (QED) is 0.718. The highest BCUT2D eigenvalue weighted by Crippen LogP contribution is 2.14. The van der Waals surface area contributed by atoms with Gasteiger partial charge in [-0.05, 0) is 25.8 Å². The van der Waals surface area contributed by atoms with Crippen molar-refractivity contribution in [1.82, 2.24) is 10.3 Å². The fraction of sp³-hybridized carbons (Fsp3) is 0.750. The summed E-state index contributed by atoms with van der Waals surface area (Å²) in [6.45, 7) is 7.85. The molecule has 0 aliphatic heterocycles. The third-order valence-electron chi connectivity index (χ3n) is 2.48. The largest absolute Gasteiger partial charge is 0.308 e. The summed E-state index contributed by atoms with van der Waals surface area (Å²) in [4.78, 5) is 4.30. The predicted molar refractivity (Wildman–Crippen MR) is 67.2 cm³/mol. The first-order valence-corrected chi connectivity index (χ1v) is 6.71. The molecule has 1 unspecified atom stereocenters. The summed E-state index contributed by atoms with van der Waals surface area (Å²) >= 11 is 1.73. The van der Waals surface area contributed by atoms with Crippen molar-refractivity contribution in [2.24, 2.45) is 5.92 Å². The van der Waals surface area contributed by atoms with Gasteiger partial charge in [0, 0.05) is 11.6 Å². The first-order valence-electron chi connectivity index (χ1n) is 5.83. The lowest BCUT2D eigenvalue weighted by Gasteiger charge is -2.11. The van der Waals surface area contributed by atoms with Gasteiger partial charge in [-0.1, -0.05) is 26.7 Å². The van der Waals surface area contributed by atoms with Gasteiger partial charge < -0.3 is 5.32 Å². The Kier molecular flexibility index (Phi) is 5.88. The number of aromatic nitrogens is 1. The number of hydrogen-bond acceptors (Lipinski definition) is 3. The minimum atomic E-state index is 0.407. The van der Waals surface area contributed by atoms with Crippen LogP contribution in [0.4, 0.5) is 0 Å². The molecule has 0 aliphatic rings. The third-order valence-corrected chi connectivity index (χ3v) is 3.44. The topological polar surface area (TPSA) is 24.9 Å². The average Bonchev–Trinajstić information content (AvgIpc) is 2.69. The first kappa shape index (κ1) is 12.7. The van der Waals surface area contributed by atoms with Gasteiger partial charge in [-0.15, -0.1) is 11.3 Å². The molecule has 0 spiro atoms. The molecule has 0 fully saturated rings. The molecule has 0 saturated carbocycles. The van der Waals surface area contributed by atoms with E-state index < -0.39 is 0 Å². The molecule has 1 rings (SSSR count). The standard InChI is InChI=1S/C12H22N2S/c1-10(2)6-4-5-7-13-11(3)12-14-8-9-15-12/h8-11,13H,4-7H2,1-3H3. The summed E-state index contributed by atoms with van der Waals surface area (Å²) in [6, 6.07) is 0.407. The van der Waals surface area contributed by atoms with Crippen molar-refractivity contribution in [1.29, 1.82) is 0 Å². The molecule has 0 amide bonds. The monoisotopic (exact) mass is 226 g/mol. The Morgan fingerprint density at radius 2 is 2.13 bits per heavy atom. The van der Waals surface area contributed by atoms with Crippen LogP contribution in [0.2, 0.25) is 0 Å². The lowest BCUT2D eigenvalue weighted by molar-refractivity contribution is 0.497. The molecule has 0 aliphatic carbocycles. The molecule has 3 heteroatoms. The molecule has 1 aromatic rings. The van der Waals surface area contributed by atoms with Gasteiger partial charge in [0.25, 0.3) is 0 Å². The van der Waals surface area contributed by atoms with Crippen LogP contribution < -0.4 is 5.32 Å². The summed E-state index contributed by atoms with van der Waals surface area (Å²) < 4.78 is 0. The van der Waals surface area contributed by atoms with Gasteiger partial charge in [0.15, 0.2) is 0 Å². The van der Waals surface area contributed by atoms with E-state index >= 15 is 0 Å². The van der Waals surface area contributed by atoms with E-state index in [1.165, 1.54) is 24.3 Å². The number of unbranched alkanes of at least 4 members (excludes halogenated alkanes) is 1. The van der Waals surface area contributed by atoms with E-state index in [9.17, 15) is 0 Å². The van der Waals surface area contributed by atoms with Crippen LogP contribution in [-0.4, -0.2) is 11.5 Å². The summed E-state index contributed by atoms with van der Waals surface area (Å²) in [5.74, 6) is 0.835. The molecule has 0 saturated heterocycles. The maximum absolute atomic E-state index is 4.30. The fourth-order valence-corrected chi connectivity index (χ4v) is 2.20. The number of hydrogen-bond donors (Lipinski definition) is 1. The zero-order chi connectivity index (χ0) is 11.1. The van der Waals surface area contributed by atoms with Crippen LogP contribution in [0.1, 0.15) is 51.1 Å². The molecule has 0 bridgehead atoms. The maximum atomic E-state index is 4.30. The van der Waals surface area contributed by atoms with Crippen LogP contribution in [0.15, 0.2) is 11.6 Å². The van der Waals surface area contributed by atoms with Crippen molar-refractivity contribution in [3.05, 3.63) is 16.6 Å². The highest BCUT2D eigenvalue weighted by Gasteiger charge is 2.05. The minimum absolute atomic E-state index is 0.407. The Labute approximate surface area is 97.1 Å². The van der Waals surface area contributed by atoms with Gasteiger partial charge in [-0.25, -0.2) is 4.98 Å². The van der Waals surface area contributed by atoms with Gasteiger partial charge in [0.2, 0.25) is 0 Å². The third kappa shape index (κ3) is 5.28. The first-order chi connectivity index (χ1) is 7.20. The summed E-state index contributed by atoms with van der Waals surface area (Å²) in [6.07, 6.45) is 5.81. The molecule has 1 aromatic heterocycles. The number of nitrogens with zero attached hydrogens (tertiary/aromatic N) is 1. The molecule has 2 nitrogen and oxygen atoms in total. The van der Waals surface area contributed by atoms with Crippen molar-refractivity contribution in [3.8, 4) is 0 Å². The maximum Gasteiger partial charge on any atom is 0.109 e. The van der Waals surface area contributed by atoms with Crippen LogP contribution in [0.5, 0.6) is 0 Å². The van der Waals surface area contributed by atoms with E-state index in [0.717, 1.165) is 12.5 Å². The fourth-order valence-electron chi connectivity index (χ4n) is 1.53. The smallest absolute Gasteiger partial charge is 0.109 e. The molecule has 15 heavy (non-hydrogen) atoms. The Hall–Kier alpha value is -0.410. The average molecular weight is 226 g/mol. The zero-order valence-corrected chi connectivity index (χ0v) is 10.8. The predicted octanol–water partition coefficient (Wildman–Crippen LogP) is 3.62. The van der Waals surface area contributed by atoms with Crippen molar-refractivity contribution in [3.63, 3.8) is 0 Å². The molecule has 1 atom stereocenters. The highest BCUT2D eigenvalue weighted by atomic mass is 32.1. The second-order valence-electron chi connectivity index (χ2n) is 4.44. The Morgan fingerprint density at radius 3 is 2.73 bits per heavy atom. The van der Waals surface area contributed by atoms with Gasteiger partial charge in [-0.3, -0.25) is 0 Å². The lowest BCUT2D eigenvalue weighted by Crippen LogP contribution is -2.19. The van der Waals surface area contributed by atoms with Crippen LogP contribution in [-0.2, 0) is 0 Å². The van der Waals surface area contributed by atoms with Gasteiger partial charge in [-0.2, -0.15) is 0 Å². The van der Waals surface area contributed by atoms with Crippen LogP contribution >= 0.6 is 11.3 Å². The molecular weight excluding hydrogens is 204 g/mol. The van der Waals surface area contributed by atoms with E-state index in [-0.39, 0.29) is 0 Å². The SMILES string of the molecule is CC(C)CCCCNC(C)c1nccs1. The van der Waals surface area contributed by atoms with Crippen molar-refractivity contribution >= 4 is 11.3 Å². The Morgan fingerprint density at radius 1 is 1.33 bits per heavy atom. The molecule has 0 radical (unpaired) electrons. The zero-order valence-electron chi connectivity index (χ0n) is 9.99. The normalized spacial score (nSPS) is 13.3.